The van der Waals surface area contributed by atoms with Crippen molar-refractivity contribution < 1.29 is 28.6 Å². The highest BCUT2D eigenvalue weighted by Gasteiger charge is 2.54. The maximum absolute atomic E-state index is 12.9. The third-order valence-electron chi connectivity index (χ3n) is 5.51. The second-order valence-electron chi connectivity index (χ2n) is 7.98. The van der Waals surface area contributed by atoms with Gasteiger partial charge in [0.15, 0.2) is 10.1 Å². The summed E-state index contributed by atoms with van der Waals surface area (Å²) in [5.41, 5.74) is 0.600. The smallest absolute Gasteiger partial charge is 0.352 e. The minimum atomic E-state index is -1.17. The van der Waals surface area contributed by atoms with E-state index in [1.54, 1.807) is 12.1 Å². The van der Waals surface area contributed by atoms with E-state index in [1.807, 2.05) is 25.1 Å². The summed E-state index contributed by atoms with van der Waals surface area (Å²) in [5.74, 6) is -0.278. The van der Waals surface area contributed by atoms with Crippen LogP contribution >= 0.6 is 50.8 Å². The van der Waals surface area contributed by atoms with Gasteiger partial charge in [-0.15, -0.1) is 22.0 Å². The number of carbonyl (C=O) groups excluding carboxylic acids is 2. The van der Waals surface area contributed by atoms with Crippen molar-refractivity contribution in [2.75, 3.05) is 11.5 Å². The summed E-state index contributed by atoms with van der Waals surface area (Å²) in [7, 11) is 0. The van der Waals surface area contributed by atoms with Crippen molar-refractivity contribution in [2.45, 2.75) is 29.3 Å². The highest BCUT2D eigenvalue weighted by Crippen LogP contribution is 2.42. The van der Waals surface area contributed by atoms with Crippen LogP contribution in [0.1, 0.15) is 21.3 Å². The molecule has 0 unspecified atom stereocenters. The Labute approximate surface area is 232 Å². The van der Waals surface area contributed by atoms with Gasteiger partial charge in [0.1, 0.15) is 40.2 Å². The van der Waals surface area contributed by atoms with E-state index in [1.165, 1.54) is 45.8 Å². The number of para-hydroxylation sites is 1. The lowest BCUT2D eigenvalue weighted by Crippen LogP contribution is -2.70. The Morgan fingerprint density at radius 1 is 1.30 bits per heavy atom. The number of amides is 2. The van der Waals surface area contributed by atoms with Crippen LogP contribution in [0.4, 0.5) is 0 Å². The summed E-state index contributed by atoms with van der Waals surface area (Å²) in [4.78, 5) is 39.0. The number of thioether (sulfide) groups is 2. The van der Waals surface area contributed by atoms with Gasteiger partial charge in [-0.1, -0.05) is 35.2 Å². The molecule has 2 N–H and O–H groups in total. The molecular formula is C23H19BrN4O6S3. The van der Waals surface area contributed by atoms with Gasteiger partial charge in [0.25, 0.3) is 11.8 Å². The maximum atomic E-state index is 12.9. The van der Waals surface area contributed by atoms with Gasteiger partial charge in [-0.25, -0.2) is 4.79 Å². The van der Waals surface area contributed by atoms with Gasteiger partial charge < -0.3 is 19.6 Å². The van der Waals surface area contributed by atoms with Gasteiger partial charge in [0.2, 0.25) is 0 Å². The molecule has 0 saturated carbocycles. The summed E-state index contributed by atoms with van der Waals surface area (Å²) in [6.45, 7) is 1.97. The van der Waals surface area contributed by atoms with E-state index in [0.29, 0.717) is 28.6 Å². The molecule has 2 atom stereocenters. The number of halogens is 1. The van der Waals surface area contributed by atoms with E-state index >= 15 is 0 Å². The number of carbonyl (C=O) groups is 3. The molecule has 14 heteroatoms. The largest absolute Gasteiger partial charge is 0.484 e. The normalized spacial score (nSPS) is 18.9. The Bertz CT molecular complexity index is 1410. The third kappa shape index (κ3) is 5.42. The fraction of sp³-hybridized carbons (Fsp3) is 0.261. The lowest BCUT2D eigenvalue weighted by atomic mass is 10.0. The van der Waals surface area contributed by atoms with Crippen LogP contribution in [0.2, 0.25) is 0 Å². The number of nitrogens with one attached hydrogen (secondary N) is 1. The summed E-state index contributed by atoms with van der Waals surface area (Å²) < 4.78 is 12.8. The molecule has 0 radical (unpaired) electrons. The maximum Gasteiger partial charge on any atom is 0.352 e. The average Bonchev–Trinajstić information content (AvgIpc) is 3.53. The number of fused-ring (bicyclic) bond motifs is 1. The average molecular weight is 624 g/mol. The first-order valence-corrected chi connectivity index (χ1v) is 14.6. The first-order valence-electron chi connectivity index (χ1n) is 10.9. The number of ether oxygens (including phenoxy) is 1. The van der Waals surface area contributed by atoms with Crippen LogP contribution in [-0.4, -0.2) is 60.9 Å². The summed E-state index contributed by atoms with van der Waals surface area (Å²) in [6, 6.07) is 9.66. The summed E-state index contributed by atoms with van der Waals surface area (Å²) in [5, 5.41) is 20.8. The molecule has 2 aliphatic rings. The van der Waals surface area contributed by atoms with Crippen molar-refractivity contribution in [2.24, 2.45) is 0 Å². The highest BCUT2D eigenvalue weighted by atomic mass is 79.9. The van der Waals surface area contributed by atoms with E-state index in [-0.39, 0.29) is 18.1 Å². The number of aromatic nitrogens is 2. The van der Waals surface area contributed by atoms with Gasteiger partial charge in [0.05, 0.1) is 4.47 Å². The number of aliphatic carboxylic acids is 1. The van der Waals surface area contributed by atoms with Crippen LogP contribution in [0.25, 0.3) is 0 Å². The molecule has 5 rings (SSSR count). The lowest BCUT2D eigenvalue weighted by Gasteiger charge is -2.49. The van der Waals surface area contributed by atoms with E-state index in [4.69, 9.17) is 9.15 Å². The molecule has 2 amide bonds. The van der Waals surface area contributed by atoms with E-state index in [2.05, 4.69) is 31.4 Å². The van der Waals surface area contributed by atoms with Crippen molar-refractivity contribution >= 4 is 68.6 Å². The minimum absolute atomic E-state index is 0.0301. The molecule has 10 nitrogen and oxygen atoms in total. The Kier molecular flexibility index (Phi) is 7.60. The third-order valence-corrected chi connectivity index (χ3v) is 9.56. The fourth-order valence-corrected chi connectivity index (χ4v) is 7.48. The molecule has 0 spiro atoms. The molecule has 37 heavy (non-hydrogen) atoms. The first-order chi connectivity index (χ1) is 17.8. The second kappa shape index (κ2) is 10.9. The van der Waals surface area contributed by atoms with E-state index < -0.39 is 29.2 Å². The Balaban J connectivity index is 1.21. The molecular weight excluding hydrogens is 604 g/mol. The zero-order chi connectivity index (χ0) is 26.1. The molecule has 3 aromatic rings. The van der Waals surface area contributed by atoms with Crippen molar-refractivity contribution in [1.29, 1.82) is 0 Å². The van der Waals surface area contributed by atoms with Gasteiger partial charge in [-0.2, -0.15) is 0 Å². The van der Waals surface area contributed by atoms with Gasteiger partial charge >= 0.3 is 5.97 Å². The number of benzene rings is 1. The number of furan rings is 1. The van der Waals surface area contributed by atoms with Crippen molar-refractivity contribution in [3.05, 3.63) is 68.7 Å². The topological polar surface area (TPSA) is 135 Å². The monoisotopic (exact) mass is 622 g/mol. The number of β-lactam (4-membered cyclic amide) rings is 1. The second-order valence-corrected chi connectivity index (χ2v) is 12.3. The van der Waals surface area contributed by atoms with E-state index in [0.717, 1.165) is 13.8 Å². The molecule has 1 saturated heterocycles. The Morgan fingerprint density at radius 3 is 2.84 bits per heavy atom. The standard InChI is InChI=1S/C23H19BrN4O6S3/c1-11-26-27-23(37-11)36-10-12-9-35-21-17(20(30)28(21)18(12)22(31)32)25-19(29)16-7-6-13(34-16)8-33-15-5-3-2-4-14(15)24/h2-7,17,21H,8-10H2,1H3,(H,25,29)(H,31,32)/t17-,21-/m0/s1. The molecule has 1 aromatic carbocycles. The van der Waals surface area contributed by atoms with E-state index in [9.17, 15) is 19.5 Å². The highest BCUT2D eigenvalue weighted by molar-refractivity contribution is 9.10. The SMILES string of the molecule is Cc1nnc(SCC2=C(C(=O)O)N3C(=O)[C@H](NC(=O)c4ccc(COc5ccccc5Br)o4)[C@@H]3SC2)s1. The molecule has 4 heterocycles. The minimum Gasteiger partial charge on any atom is -0.484 e. The molecule has 0 aliphatic carbocycles. The molecule has 0 bridgehead atoms. The summed E-state index contributed by atoms with van der Waals surface area (Å²) >= 11 is 7.64. The number of nitrogens with zero attached hydrogens (tertiary/aromatic N) is 3. The fourth-order valence-electron chi connectivity index (χ4n) is 3.78. The number of aryl methyl sites for hydroxylation is 1. The van der Waals surface area contributed by atoms with Crippen molar-refractivity contribution in [3.63, 3.8) is 0 Å². The van der Waals surface area contributed by atoms with Crippen LogP contribution in [-0.2, 0) is 16.2 Å². The predicted octanol–water partition coefficient (Wildman–Crippen LogP) is 3.93. The van der Waals surface area contributed by atoms with Crippen LogP contribution in [0.3, 0.4) is 0 Å². The zero-order valence-corrected chi connectivity index (χ0v) is 23.2. The quantitative estimate of drug-likeness (QED) is 0.267. The van der Waals surface area contributed by atoms with Gasteiger partial charge in [0, 0.05) is 11.5 Å². The lowest BCUT2D eigenvalue weighted by molar-refractivity contribution is -0.148. The Morgan fingerprint density at radius 2 is 2.11 bits per heavy atom. The zero-order valence-electron chi connectivity index (χ0n) is 19.2. The number of rotatable bonds is 9. The number of carboxylic acids is 1. The van der Waals surface area contributed by atoms with Crippen LogP contribution in [0.15, 0.2) is 60.9 Å². The number of hydrogen-bond donors (Lipinski definition) is 2. The van der Waals surface area contributed by atoms with Crippen LogP contribution < -0.4 is 10.1 Å². The van der Waals surface area contributed by atoms with Crippen molar-refractivity contribution in [3.8, 4) is 5.75 Å². The number of hydrogen-bond acceptors (Lipinski definition) is 10. The molecule has 1 fully saturated rings. The van der Waals surface area contributed by atoms with Crippen molar-refractivity contribution in [1.82, 2.24) is 20.4 Å². The molecule has 192 valence electrons. The van der Waals surface area contributed by atoms with Crippen LogP contribution in [0.5, 0.6) is 5.75 Å². The molecule has 2 aliphatic heterocycles. The summed E-state index contributed by atoms with van der Waals surface area (Å²) in [6.07, 6.45) is 0. The van der Waals surface area contributed by atoms with Crippen LogP contribution in [0, 0.1) is 6.92 Å². The first kappa shape index (κ1) is 25.8. The molecule has 2 aromatic heterocycles. The number of carboxylic acid groups (broad SMARTS) is 1. The van der Waals surface area contributed by atoms with Gasteiger partial charge in [-0.3, -0.25) is 14.5 Å². The predicted molar refractivity (Wildman–Crippen MR) is 142 cm³/mol. The Hall–Kier alpha value is -2.81. The van der Waals surface area contributed by atoms with Gasteiger partial charge in [-0.05, 0) is 52.7 Å².